The molecule has 9 heteroatoms. The second-order valence-electron chi connectivity index (χ2n) is 12.9. The van der Waals surface area contributed by atoms with Crippen LogP contribution >= 0.6 is 0 Å². The Bertz CT molecular complexity index is 951. The lowest BCUT2D eigenvalue weighted by Crippen LogP contribution is -2.48. The highest BCUT2D eigenvalue weighted by molar-refractivity contribution is 5.14. The van der Waals surface area contributed by atoms with Gasteiger partial charge in [-0.3, -0.25) is 14.2 Å². The molecule has 0 N–H and O–H groups in total. The molecule has 0 heterocycles. The van der Waals surface area contributed by atoms with Gasteiger partial charge in [0.05, 0.1) is 39.6 Å². The van der Waals surface area contributed by atoms with Gasteiger partial charge < -0.3 is 28.4 Å². The molecule has 0 fully saturated rings. The molecule has 0 aromatic heterocycles. The smallest absolute Gasteiger partial charge is 0.286 e. The van der Waals surface area contributed by atoms with Crippen molar-refractivity contribution < 1.29 is 42.6 Å². The lowest BCUT2D eigenvalue weighted by Gasteiger charge is -2.39. The van der Waals surface area contributed by atoms with E-state index in [-0.39, 0.29) is 13.2 Å². The van der Waals surface area contributed by atoms with E-state index in [9.17, 15) is 0 Å². The van der Waals surface area contributed by atoms with E-state index < -0.39 is 24.9 Å². The molecule has 292 valence electrons. The molecular formula is C42H70O9. The van der Waals surface area contributed by atoms with Crippen molar-refractivity contribution >= 4 is 0 Å². The highest BCUT2D eigenvalue weighted by Crippen LogP contribution is 2.31. The normalized spacial score (nSPS) is 13.5. The Hall–Kier alpha value is -1.92. The predicted octanol–water partition coefficient (Wildman–Crippen LogP) is 11.0. The average molecular weight is 719 g/mol. The summed E-state index contributed by atoms with van der Waals surface area (Å²) in [4.78, 5) is 0. The second kappa shape index (κ2) is 28.6. The lowest BCUT2D eigenvalue weighted by atomic mass is 10.2. The monoisotopic (exact) mass is 719 g/mol. The van der Waals surface area contributed by atoms with Gasteiger partial charge in [0.15, 0.2) is 0 Å². The Balaban J connectivity index is 2.55. The van der Waals surface area contributed by atoms with Gasteiger partial charge in [0, 0.05) is 12.8 Å². The van der Waals surface area contributed by atoms with Crippen LogP contribution in [0.25, 0.3) is 0 Å². The number of unbranched alkanes of at least 4 members (excludes halogenated alkanes) is 6. The molecule has 0 bridgehead atoms. The SMILES string of the molecule is CCCCOC(CCCC)(OCCCC)OC(OCc1ccccc1)OC(OCc1ccccc1)OC(CCCC)(OCCCC)OCCCC. The molecule has 0 aliphatic heterocycles. The predicted molar refractivity (Wildman–Crippen MR) is 201 cm³/mol. The maximum Gasteiger partial charge on any atom is 0.286 e. The van der Waals surface area contributed by atoms with Crippen molar-refractivity contribution in [3.05, 3.63) is 71.8 Å². The maximum absolute atomic E-state index is 6.70. The highest BCUT2D eigenvalue weighted by Gasteiger charge is 2.41. The molecule has 2 rings (SSSR count). The first-order chi connectivity index (χ1) is 25.0. The Morgan fingerprint density at radius 2 is 0.745 bits per heavy atom. The van der Waals surface area contributed by atoms with Gasteiger partial charge in [-0.05, 0) is 49.7 Å². The van der Waals surface area contributed by atoms with E-state index in [0.29, 0.717) is 39.3 Å². The van der Waals surface area contributed by atoms with Crippen LogP contribution in [0.4, 0.5) is 0 Å². The van der Waals surface area contributed by atoms with Gasteiger partial charge in [-0.15, -0.1) is 0 Å². The van der Waals surface area contributed by atoms with Crippen LogP contribution < -0.4 is 0 Å². The van der Waals surface area contributed by atoms with Crippen LogP contribution in [-0.4, -0.2) is 51.3 Å². The third-order valence-corrected chi connectivity index (χ3v) is 8.18. The number of ether oxygens (including phenoxy) is 9. The van der Waals surface area contributed by atoms with Gasteiger partial charge >= 0.3 is 0 Å². The fraction of sp³-hybridized carbons (Fsp3) is 0.714. The van der Waals surface area contributed by atoms with Crippen molar-refractivity contribution in [2.45, 2.75) is 170 Å². The van der Waals surface area contributed by atoms with Crippen LogP contribution in [-0.2, 0) is 55.8 Å². The van der Waals surface area contributed by atoms with Gasteiger partial charge in [-0.1, -0.05) is 141 Å². The van der Waals surface area contributed by atoms with Gasteiger partial charge in [-0.2, -0.15) is 0 Å². The first-order valence-electron chi connectivity index (χ1n) is 19.8. The molecule has 0 aliphatic carbocycles. The number of benzene rings is 2. The molecule has 51 heavy (non-hydrogen) atoms. The summed E-state index contributed by atoms with van der Waals surface area (Å²) < 4.78 is 58.6. The van der Waals surface area contributed by atoms with E-state index in [1.54, 1.807) is 0 Å². The van der Waals surface area contributed by atoms with E-state index in [0.717, 1.165) is 88.2 Å². The Labute approximate surface area is 309 Å². The Morgan fingerprint density at radius 1 is 0.431 bits per heavy atom. The molecule has 0 saturated heterocycles. The van der Waals surface area contributed by atoms with Gasteiger partial charge in [-0.25, -0.2) is 0 Å². The lowest BCUT2D eigenvalue weighted by molar-refractivity contribution is -0.520. The standard InChI is InChI=1S/C42H70O9/c1-7-13-29-41(45-31-15-9-3,46-32-16-10-4)50-39(43-35-37-25-21-19-22-26-37)49-40(44-36-38-27-23-20-24-28-38)51-42(30-14-8-2,47-33-17-11-5)48-34-18-12-6/h19-28,39-40H,7-18,29-36H2,1-6H3. The van der Waals surface area contributed by atoms with Crippen LogP contribution in [0.3, 0.4) is 0 Å². The summed E-state index contributed by atoms with van der Waals surface area (Å²) in [5.41, 5.74) is 1.91. The minimum absolute atomic E-state index is 0.214. The van der Waals surface area contributed by atoms with Crippen molar-refractivity contribution in [2.24, 2.45) is 0 Å². The largest absolute Gasteiger partial charge is 0.327 e. The molecule has 0 amide bonds. The first kappa shape index (κ1) is 45.2. The molecule has 2 atom stereocenters. The average Bonchev–Trinajstić information content (AvgIpc) is 3.15. The molecular weight excluding hydrogens is 648 g/mol. The minimum Gasteiger partial charge on any atom is -0.327 e. The molecule has 0 aliphatic rings. The fourth-order valence-electron chi connectivity index (χ4n) is 4.96. The van der Waals surface area contributed by atoms with Crippen LogP contribution in [0.2, 0.25) is 0 Å². The van der Waals surface area contributed by atoms with Crippen LogP contribution in [0.15, 0.2) is 60.7 Å². The highest BCUT2D eigenvalue weighted by atomic mass is 17.0. The second-order valence-corrected chi connectivity index (χ2v) is 12.9. The van der Waals surface area contributed by atoms with E-state index in [1.807, 2.05) is 60.7 Å². The van der Waals surface area contributed by atoms with Crippen molar-refractivity contribution in [1.29, 1.82) is 0 Å². The fourth-order valence-corrected chi connectivity index (χ4v) is 4.96. The Morgan fingerprint density at radius 3 is 1.04 bits per heavy atom. The Kier molecular flexibility index (Phi) is 25.3. The molecule has 2 unspecified atom stereocenters. The zero-order chi connectivity index (χ0) is 36.9. The van der Waals surface area contributed by atoms with Crippen molar-refractivity contribution in [3.63, 3.8) is 0 Å². The molecule has 0 spiro atoms. The summed E-state index contributed by atoms with van der Waals surface area (Å²) in [6.07, 6.45) is 11.9. The molecule has 0 saturated carbocycles. The number of hydrogen-bond donors (Lipinski definition) is 0. The summed E-state index contributed by atoms with van der Waals surface area (Å²) in [6.45, 7) is 12.5. The van der Waals surface area contributed by atoms with Crippen LogP contribution in [0.5, 0.6) is 0 Å². The third kappa shape index (κ3) is 19.6. The van der Waals surface area contributed by atoms with E-state index >= 15 is 0 Å². The van der Waals surface area contributed by atoms with Gasteiger partial charge in [0.25, 0.3) is 24.9 Å². The summed E-state index contributed by atoms with van der Waals surface area (Å²) in [7, 11) is 0. The topological polar surface area (TPSA) is 83.1 Å². The van der Waals surface area contributed by atoms with Crippen LogP contribution in [0, 0.1) is 0 Å². The molecule has 2 aromatic rings. The number of rotatable bonds is 34. The molecule has 0 radical (unpaired) electrons. The van der Waals surface area contributed by atoms with Crippen LogP contribution in [0.1, 0.15) is 143 Å². The minimum atomic E-state index is -1.39. The van der Waals surface area contributed by atoms with Crippen molar-refractivity contribution in [3.8, 4) is 0 Å². The van der Waals surface area contributed by atoms with E-state index in [1.165, 1.54) is 0 Å². The summed E-state index contributed by atoms with van der Waals surface area (Å²) in [5, 5.41) is 0. The maximum atomic E-state index is 6.70. The summed E-state index contributed by atoms with van der Waals surface area (Å²) >= 11 is 0. The quantitative estimate of drug-likeness (QED) is 0.0518. The van der Waals surface area contributed by atoms with Crippen molar-refractivity contribution in [2.75, 3.05) is 26.4 Å². The third-order valence-electron chi connectivity index (χ3n) is 8.18. The van der Waals surface area contributed by atoms with Crippen molar-refractivity contribution in [1.82, 2.24) is 0 Å². The zero-order valence-corrected chi connectivity index (χ0v) is 32.7. The zero-order valence-electron chi connectivity index (χ0n) is 32.7. The van der Waals surface area contributed by atoms with E-state index in [4.69, 9.17) is 42.6 Å². The first-order valence-corrected chi connectivity index (χ1v) is 19.8. The van der Waals surface area contributed by atoms with Gasteiger partial charge in [0.2, 0.25) is 0 Å². The molecule has 2 aromatic carbocycles. The molecule has 9 nitrogen and oxygen atoms in total. The summed E-state index contributed by atoms with van der Waals surface area (Å²) in [6, 6.07) is 19.8. The number of hydrogen-bond acceptors (Lipinski definition) is 9. The van der Waals surface area contributed by atoms with Gasteiger partial charge in [0.1, 0.15) is 0 Å². The van der Waals surface area contributed by atoms with E-state index in [2.05, 4.69) is 41.5 Å². The summed E-state index contributed by atoms with van der Waals surface area (Å²) in [5.74, 6) is -2.78.